The molecule has 2 fully saturated rings. The number of para-hydroxylation sites is 1. The van der Waals surface area contributed by atoms with E-state index in [4.69, 9.17) is 4.74 Å². The number of likely N-dealkylation sites (tertiary alicyclic amines) is 1. The number of hydrogen-bond donors (Lipinski definition) is 2. The molecule has 25 heavy (non-hydrogen) atoms. The molecule has 132 valence electrons. The number of aromatic nitrogens is 2. The first kappa shape index (κ1) is 16.1. The van der Waals surface area contributed by atoms with Crippen LogP contribution in [-0.2, 0) is 4.74 Å². The summed E-state index contributed by atoms with van der Waals surface area (Å²) < 4.78 is 5.34. The second kappa shape index (κ2) is 6.84. The van der Waals surface area contributed by atoms with Crippen molar-refractivity contribution >= 4 is 16.9 Å². The van der Waals surface area contributed by atoms with Crippen molar-refractivity contribution in [2.45, 2.75) is 37.8 Å². The number of nitrogens with one attached hydrogen (secondary N) is 2. The lowest BCUT2D eigenvalue weighted by molar-refractivity contribution is 0.0777. The topological polar surface area (TPSA) is 87.3 Å². The van der Waals surface area contributed by atoms with E-state index in [1.807, 2.05) is 18.2 Å². The lowest BCUT2D eigenvalue weighted by Gasteiger charge is -2.29. The molecule has 7 heteroatoms. The molecule has 0 radical (unpaired) electrons. The van der Waals surface area contributed by atoms with Crippen molar-refractivity contribution in [2.24, 2.45) is 0 Å². The number of H-pyrrole nitrogens is 1. The van der Waals surface area contributed by atoms with Crippen LogP contribution < -0.4 is 10.9 Å². The van der Waals surface area contributed by atoms with Gasteiger partial charge in [0, 0.05) is 25.8 Å². The summed E-state index contributed by atoms with van der Waals surface area (Å²) in [4.78, 5) is 34.3. The Hall–Kier alpha value is -2.41. The number of ether oxygens (including phenoxy) is 1. The average molecular weight is 342 g/mol. The number of aromatic amines is 1. The minimum Gasteiger partial charge on any atom is -0.381 e. The van der Waals surface area contributed by atoms with Crippen LogP contribution in [0.3, 0.4) is 0 Å². The minimum atomic E-state index is -0.183. The molecule has 1 atom stereocenters. The van der Waals surface area contributed by atoms with Gasteiger partial charge in [0.1, 0.15) is 5.82 Å². The van der Waals surface area contributed by atoms with Gasteiger partial charge in [-0.05, 0) is 37.8 Å². The Morgan fingerprint density at radius 2 is 2.04 bits per heavy atom. The number of carbonyl (C=O) groups excluding carboxylic acids is 1. The molecule has 2 saturated heterocycles. The first-order valence-corrected chi connectivity index (χ1v) is 8.86. The lowest BCUT2D eigenvalue weighted by atomic mass is 10.1. The zero-order valence-electron chi connectivity index (χ0n) is 14.0. The van der Waals surface area contributed by atoms with E-state index in [0.29, 0.717) is 36.5 Å². The zero-order valence-corrected chi connectivity index (χ0v) is 14.0. The van der Waals surface area contributed by atoms with Gasteiger partial charge in [0.15, 0.2) is 0 Å². The van der Waals surface area contributed by atoms with E-state index < -0.39 is 0 Å². The van der Waals surface area contributed by atoms with E-state index in [9.17, 15) is 9.59 Å². The normalized spacial score (nSPS) is 21.6. The number of urea groups is 1. The van der Waals surface area contributed by atoms with Crippen molar-refractivity contribution in [3.63, 3.8) is 0 Å². The highest BCUT2D eigenvalue weighted by molar-refractivity contribution is 5.78. The van der Waals surface area contributed by atoms with Crippen LogP contribution in [0.2, 0.25) is 0 Å². The highest BCUT2D eigenvalue weighted by Crippen LogP contribution is 2.30. The summed E-state index contributed by atoms with van der Waals surface area (Å²) in [6, 6.07) is 7.17. The van der Waals surface area contributed by atoms with Crippen molar-refractivity contribution in [3.05, 3.63) is 40.4 Å². The Labute approximate surface area is 145 Å². The molecule has 0 aliphatic carbocycles. The lowest BCUT2D eigenvalue weighted by Crippen LogP contribution is -2.46. The van der Waals surface area contributed by atoms with Gasteiger partial charge in [-0.2, -0.15) is 0 Å². The predicted octanol–water partition coefficient (Wildman–Crippen LogP) is 1.95. The maximum absolute atomic E-state index is 12.7. The van der Waals surface area contributed by atoms with E-state index in [2.05, 4.69) is 15.3 Å². The molecule has 7 nitrogen and oxygen atoms in total. The van der Waals surface area contributed by atoms with Gasteiger partial charge in [-0.25, -0.2) is 9.78 Å². The summed E-state index contributed by atoms with van der Waals surface area (Å²) in [5.41, 5.74) is 0.509. The third-order valence-electron chi connectivity index (χ3n) is 5.01. The second-order valence-electron chi connectivity index (χ2n) is 6.66. The van der Waals surface area contributed by atoms with Gasteiger partial charge >= 0.3 is 6.03 Å². The summed E-state index contributed by atoms with van der Waals surface area (Å²) in [5, 5.41) is 3.67. The highest BCUT2D eigenvalue weighted by Gasteiger charge is 2.33. The number of fused-ring (bicyclic) bond motifs is 1. The third kappa shape index (κ3) is 3.24. The van der Waals surface area contributed by atoms with Gasteiger partial charge < -0.3 is 19.9 Å². The second-order valence-corrected chi connectivity index (χ2v) is 6.66. The Bertz CT molecular complexity index is 828. The molecule has 1 aromatic carbocycles. The van der Waals surface area contributed by atoms with Crippen molar-refractivity contribution in [3.8, 4) is 0 Å². The molecule has 2 amide bonds. The van der Waals surface area contributed by atoms with Gasteiger partial charge in [0.25, 0.3) is 5.56 Å². The van der Waals surface area contributed by atoms with Crippen LogP contribution in [0.15, 0.2) is 29.1 Å². The Balaban J connectivity index is 1.56. The maximum atomic E-state index is 12.7. The fraction of sp³-hybridized carbons (Fsp3) is 0.500. The maximum Gasteiger partial charge on any atom is 0.318 e. The van der Waals surface area contributed by atoms with Gasteiger partial charge in [-0.3, -0.25) is 4.79 Å². The fourth-order valence-corrected chi connectivity index (χ4v) is 3.66. The first-order valence-electron chi connectivity index (χ1n) is 8.86. The van der Waals surface area contributed by atoms with Gasteiger partial charge in [0.05, 0.1) is 16.9 Å². The SMILES string of the molecule is O=C(NC1CCOCC1)N1CCCC1c1nc2ccccc2c(=O)[nH]1. The van der Waals surface area contributed by atoms with Gasteiger partial charge in [0.2, 0.25) is 0 Å². The Morgan fingerprint density at radius 1 is 1.24 bits per heavy atom. The van der Waals surface area contributed by atoms with E-state index in [0.717, 1.165) is 25.7 Å². The van der Waals surface area contributed by atoms with Crippen LogP contribution in [0, 0.1) is 0 Å². The molecule has 3 heterocycles. The molecule has 1 unspecified atom stereocenters. The van der Waals surface area contributed by atoms with E-state index in [-0.39, 0.29) is 23.7 Å². The molecule has 2 aliphatic rings. The Kier molecular flexibility index (Phi) is 4.40. The molecular formula is C18H22N4O3. The molecule has 2 aliphatic heterocycles. The molecule has 0 bridgehead atoms. The molecule has 4 rings (SSSR count). The van der Waals surface area contributed by atoms with Crippen molar-refractivity contribution < 1.29 is 9.53 Å². The molecular weight excluding hydrogens is 320 g/mol. The number of benzene rings is 1. The minimum absolute atomic E-state index is 0.0785. The van der Waals surface area contributed by atoms with Crippen LogP contribution in [0.5, 0.6) is 0 Å². The van der Waals surface area contributed by atoms with Crippen molar-refractivity contribution in [1.29, 1.82) is 0 Å². The van der Waals surface area contributed by atoms with E-state index >= 15 is 0 Å². The third-order valence-corrected chi connectivity index (χ3v) is 5.01. The molecule has 2 N–H and O–H groups in total. The number of carbonyl (C=O) groups is 1. The van der Waals surface area contributed by atoms with Crippen LogP contribution >= 0.6 is 0 Å². The summed E-state index contributed by atoms with van der Waals surface area (Å²) in [5.74, 6) is 0.573. The van der Waals surface area contributed by atoms with Gasteiger partial charge in [-0.1, -0.05) is 12.1 Å². The molecule has 1 aromatic heterocycles. The summed E-state index contributed by atoms with van der Waals surface area (Å²) in [6.07, 6.45) is 3.40. The average Bonchev–Trinajstić information content (AvgIpc) is 3.12. The number of hydrogen-bond acceptors (Lipinski definition) is 4. The van der Waals surface area contributed by atoms with E-state index in [1.165, 1.54) is 0 Å². The largest absolute Gasteiger partial charge is 0.381 e. The summed E-state index contributed by atoms with van der Waals surface area (Å²) >= 11 is 0. The summed E-state index contributed by atoms with van der Waals surface area (Å²) in [6.45, 7) is 2.05. The molecule has 2 aromatic rings. The molecule has 0 spiro atoms. The Morgan fingerprint density at radius 3 is 2.88 bits per heavy atom. The standard InChI is InChI=1S/C18H22N4O3/c23-17-13-4-1-2-5-14(13)20-16(21-17)15-6-3-9-22(15)18(24)19-12-7-10-25-11-8-12/h1-2,4-5,12,15H,3,6-11H2,(H,19,24)(H,20,21,23). The zero-order chi connectivity index (χ0) is 17.2. The first-order chi connectivity index (χ1) is 12.2. The number of amides is 2. The smallest absolute Gasteiger partial charge is 0.318 e. The molecule has 0 saturated carbocycles. The quantitative estimate of drug-likeness (QED) is 0.873. The summed E-state index contributed by atoms with van der Waals surface area (Å²) in [7, 11) is 0. The fourth-order valence-electron chi connectivity index (χ4n) is 3.66. The van der Waals surface area contributed by atoms with Crippen LogP contribution in [0.25, 0.3) is 10.9 Å². The van der Waals surface area contributed by atoms with Crippen molar-refractivity contribution in [1.82, 2.24) is 20.2 Å². The number of rotatable bonds is 2. The van der Waals surface area contributed by atoms with Crippen molar-refractivity contribution in [2.75, 3.05) is 19.8 Å². The van der Waals surface area contributed by atoms with E-state index in [1.54, 1.807) is 11.0 Å². The van der Waals surface area contributed by atoms with Crippen LogP contribution in [0.4, 0.5) is 4.79 Å². The van der Waals surface area contributed by atoms with Gasteiger partial charge in [-0.15, -0.1) is 0 Å². The predicted molar refractivity (Wildman–Crippen MR) is 93.4 cm³/mol. The van der Waals surface area contributed by atoms with Crippen LogP contribution in [-0.4, -0.2) is 46.7 Å². The van der Waals surface area contributed by atoms with Crippen LogP contribution in [0.1, 0.15) is 37.5 Å². The highest BCUT2D eigenvalue weighted by atomic mass is 16.5. The monoisotopic (exact) mass is 342 g/mol. The number of nitrogens with zero attached hydrogens (tertiary/aromatic N) is 2.